The number of aliphatic hydroxyl groups is 1. The second-order valence-electron chi connectivity index (χ2n) is 2.91. The molecule has 0 aliphatic heterocycles. The summed E-state index contributed by atoms with van der Waals surface area (Å²) in [5, 5.41) is 9.31. The molecule has 3 atom stereocenters. The number of hydrogen-bond donors (Lipinski definition) is 2. The van der Waals surface area contributed by atoms with Crippen molar-refractivity contribution in [3.05, 3.63) is 0 Å². The fraction of sp³-hybridized carbons (Fsp3) is 1.00. The van der Waals surface area contributed by atoms with Gasteiger partial charge >= 0.3 is 0 Å². The Morgan fingerprint density at radius 1 is 1.50 bits per heavy atom. The fourth-order valence-corrected chi connectivity index (χ4v) is 1.40. The first-order chi connectivity index (χ1) is 4.74. The first kappa shape index (κ1) is 7.98. The summed E-state index contributed by atoms with van der Waals surface area (Å²) >= 11 is 0. The first-order valence-corrected chi connectivity index (χ1v) is 3.70. The molecule has 3 unspecified atom stereocenters. The SMILES string of the molecule is COC1CC(N)CCC1O. The third kappa shape index (κ3) is 1.68. The molecule has 0 bridgehead atoms. The van der Waals surface area contributed by atoms with E-state index in [0.717, 1.165) is 19.3 Å². The van der Waals surface area contributed by atoms with E-state index < -0.39 is 0 Å². The van der Waals surface area contributed by atoms with Gasteiger partial charge < -0.3 is 15.6 Å². The highest BCUT2D eigenvalue weighted by Crippen LogP contribution is 2.19. The lowest BCUT2D eigenvalue weighted by molar-refractivity contribution is -0.0405. The van der Waals surface area contributed by atoms with E-state index in [1.54, 1.807) is 7.11 Å². The van der Waals surface area contributed by atoms with Crippen LogP contribution in [0.1, 0.15) is 19.3 Å². The molecule has 60 valence electrons. The van der Waals surface area contributed by atoms with Crippen molar-refractivity contribution in [3.8, 4) is 0 Å². The molecule has 1 aliphatic rings. The predicted octanol–water partition coefficient (Wildman–Crippen LogP) is -0.127. The Balaban J connectivity index is 2.38. The summed E-state index contributed by atoms with van der Waals surface area (Å²) in [5.41, 5.74) is 5.67. The maximum absolute atomic E-state index is 9.31. The highest BCUT2D eigenvalue weighted by Gasteiger charge is 2.26. The smallest absolute Gasteiger partial charge is 0.0844 e. The van der Waals surface area contributed by atoms with Crippen LogP contribution in [0.25, 0.3) is 0 Å². The van der Waals surface area contributed by atoms with Crippen molar-refractivity contribution in [3.63, 3.8) is 0 Å². The van der Waals surface area contributed by atoms with Crippen molar-refractivity contribution in [2.75, 3.05) is 7.11 Å². The van der Waals surface area contributed by atoms with E-state index in [1.165, 1.54) is 0 Å². The van der Waals surface area contributed by atoms with Crippen molar-refractivity contribution < 1.29 is 9.84 Å². The number of ether oxygens (including phenoxy) is 1. The van der Waals surface area contributed by atoms with Gasteiger partial charge in [-0.2, -0.15) is 0 Å². The average Bonchev–Trinajstić information content (AvgIpc) is 1.94. The Kier molecular flexibility index (Phi) is 2.65. The lowest BCUT2D eigenvalue weighted by Crippen LogP contribution is -2.40. The van der Waals surface area contributed by atoms with Crippen LogP contribution in [0.3, 0.4) is 0 Å². The van der Waals surface area contributed by atoms with Gasteiger partial charge in [-0.1, -0.05) is 0 Å². The average molecular weight is 145 g/mol. The Labute approximate surface area is 61.2 Å². The molecule has 3 nitrogen and oxygen atoms in total. The molecular weight excluding hydrogens is 130 g/mol. The van der Waals surface area contributed by atoms with E-state index in [0.29, 0.717) is 0 Å². The van der Waals surface area contributed by atoms with Crippen molar-refractivity contribution in [1.29, 1.82) is 0 Å². The molecule has 0 aromatic heterocycles. The lowest BCUT2D eigenvalue weighted by Gasteiger charge is -2.30. The molecular formula is C7H15NO2. The van der Waals surface area contributed by atoms with Gasteiger partial charge in [-0.25, -0.2) is 0 Å². The van der Waals surface area contributed by atoms with E-state index in [-0.39, 0.29) is 18.2 Å². The summed E-state index contributed by atoms with van der Waals surface area (Å²) in [7, 11) is 1.62. The molecule has 0 radical (unpaired) electrons. The van der Waals surface area contributed by atoms with Crippen LogP contribution < -0.4 is 5.73 Å². The number of methoxy groups -OCH3 is 1. The maximum Gasteiger partial charge on any atom is 0.0844 e. The Morgan fingerprint density at radius 2 is 2.20 bits per heavy atom. The molecule has 0 aromatic carbocycles. The van der Waals surface area contributed by atoms with Gasteiger partial charge in [-0.3, -0.25) is 0 Å². The second-order valence-corrected chi connectivity index (χ2v) is 2.91. The zero-order valence-corrected chi connectivity index (χ0v) is 6.29. The Morgan fingerprint density at radius 3 is 2.70 bits per heavy atom. The van der Waals surface area contributed by atoms with Gasteiger partial charge in [0, 0.05) is 13.2 Å². The van der Waals surface area contributed by atoms with Gasteiger partial charge in [0.2, 0.25) is 0 Å². The van der Waals surface area contributed by atoms with Crippen LogP contribution in [0.2, 0.25) is 0 Å². The summed E-state index contributed by atoms with van der Waals surface area (Å²) in [5.74, 6) is 0. The van der Waals surface area contributed by atoms with Crippen molar-refractivity contribution in [1.82, 2.24) is 0 Å². The van der Waals surface area contributed by atoms with E-state index >= 15 is 0 Å². The molecule has 1 rings (SSSR count). The molecule has 10 heavy (non-hydrogen) atoms. The van der Waals surface area contributed by atoms with Crippen LogP contribution in [0.15, 0.2) is 0 Å². The molecule has 0 spiro atoms. The van der Waals surface area contributed by atoms with E-state index in [4.69, 9.17) is 10.5 Å². The molecule has 1 aliphatic carbocycles. The molecule has 3 heteroatoms. The summed E-state index contributed by atoms with van der Waals surface area (Å²) in [6.45, 7) is 0. The van der Waals surface area contributed by atoms with Crippen LogP contribution in [0.5, 0.6) is 0 Å². The molecule has 1 saturated carbocycles. The Hall–Kier alpha value is -0.120. The van der Waals surface area contributed by atoms with Gasteiger partial charge in [0.05, 0.1) is 12.2 Å². The lowest BCUT2D eigenvalue weighted by atomic mass is 9.91. The zero-order chi connectivity index (χ0) is 7.56. The monoisotopic (exact) mass is 145 g/mol. The number of nitrogens with two attached hydrogens (primary N) is 1. The van der Waals surface area contributed by atoms with Gasteiger partial charge in [0.15, 0.2) is 0 Å². The second kappa shape index (κ2) is 3.32. The summed E-state index contributed by atoms with van der Waals surface area (Å²) in [4.78, 5) is 0. The minimum atomic E-state index is -0.301. The predicted molar refractivity (Wildman–Crippen MR) is 38.6 cm³/mol. The standard InChI is InChI=1S/C7H15NO2/c1-10-7-4-5(8)2-3-6(7)9/h5-7,9H,2-4,8H2,1H3. The summed E-state index contributed by atoms with van der Waals surface area (Å²) in [6, 6.07) is 0.216. The molecule has 0 saturated heterocycles. The van der Waals surface area contributed by atoms with Gasteiger partial charge in [-0.15, -0.1) is 0 Å². The van der Waals surface area contributed by atoms with E-state index in [9.17, 15) is 5.11 Å². The van der Waals surface area contributed by atoms with Crippen molar-refractivity contribution >= 4 is 0 Å². The number of aliphatic hydroxyl groups excluding tert-OH is 1. The van der Waals surface area contributed by atoms with Crippen LogP contribution in [0.4, 0.5) is 0 Å². The molecule has 1 fully saturated rings. The third-order valence-corrected chi connectivity index (χ3v) is 2.10. The highest BCUT2D eigenvalue weighted by molar-refractivity contribution is 4.81. The Bertz CT molecular complexity index is 108. The molecule has 3 N–H and O–H groups in total. The number of hydrogen-bond acceptors (Lipinski definition) is 3. The van der Waals surface area contributed by atoms with Crippen molar-refractivity contribution in [2.45, 2.75) is 37.5 Å². The van der Waals surface area contributed by atoms with Crippen LogP contribution >= 0.6 is 0 Å². The first-order valence-electron chi connectivity index (χ1n) is 3.70. The van der Waals surface area contributed by atoms with Crippen LogP contribution in [-0.4, -0.2) is 30.5 Å². The minimum Gasteiger partial charge on any atom is -0.390 e. The molecule has 0 aromatic rings. The highest BCUT2D eigenvalue weighted by atomic mass is 16.5. The van der Waals surface area contributed by atoms with Gasteiger partial charge in [0.1, 0.15) is 0 Å². The van der Waals surface area contributed by atoms with Crippen molar-refractivity contribution in [2.24, 2.45) is 5.73 Å². The van der Waals surface area contributed by atoms with Crippen LogP contribution in [0, 0.1) is 0 Å². The largest absolute Gasteiger partial charge is 0.390 e. The maximum atomic E-state index is 9.31. The zero-order valence-electron chi connectivity index (χ0n) is 6.29. The third-order valence-electron chi connectivity index (χ3n) is 2.10. The molecule has 0 amide bonds. The number of rotatable bonds is 1. The fourth-order valence-electron chi connectivity index (χ4n) is 1.40. The van der Waals surface area contributed by atoms with Gasteiger partial charge in [-0.05, 0) is 19.3 Å². The normalized spacial score (nSPS) is 41.7. The summed E-state index contributed by atoms with van der Waals surface area (Å²) < 4.78 is 5.04. The van der Waals surface area contributed by atoms with Crippen LogP contribution in [-0.2, 0) is 4.74 Å². The topological polar surface area (TPSA) is 55.5 Å². The molecule has 0 heterocycles. The van der Waals surface area contributed by atoms with E-state index in [1.807, 2.05) is 0 Å². The summed E-state index contributed by atoms with van der Waals surface area (Å²) in [6.07, 6.45) is 2.15. The minimum absolute atomic E-state index is 0.0382. The van der Waals surface area contributed by atoms with Gasteiger partial charge in [0.25, 0.3) is 0 Å². The van der Waals surface area contributed by atoms with E-state index in [2.05, 4.69) is 0 Å². The quantitative estimate of drug-likeness (QED) is 0.540.